The van der Waals surface area contributed by atoms with Gasteiger partial charge in [0.05, 0.1) is 29.8 Å². The van der Waals surface area contributed by atoms with Crippen LogP contribution < -0.4 is 4.74 Å². The molecule has 1 N–H and O–H groups in total. The van der Waals surface area contributed by atoms with Gasteiger partial charge in [-0.15, -0.1) is 0 Å². The molecule has 0 aliphatic carbocycles. The second-order valence-corrected chi connectivity index (χ2v) is 8.35. The number of carbonyl (C=O) groups excluding carboxylic acids is 2. The fourth-order valence-electron chi connectivity index (χ4n) is 4.39. The van der Waals surface area contributed by atoms with Gasteiger partial charge in [0, 0.05) is 37.9 Å². The van der Waals surface area contributed by atoms with Gasteiger partial charge in [-0.05, 0) is 6.92 Å². The smallest absolute Gasteiger partial charge is 0.295 e. The highest BCUT2D eigenvalue weighted by molar-refractivity contribution is 6.45. The van der Waals surface area contributed by atoms with E-state index in [1.165, 1.54) is 35.4 Å². The Morgan fingerprint density at radius 3 is 2.49 bits per heavy atom. The SMILES string of the molecule is COc1cnc(-n2cnc(C)n2)c2[nH]cc(C(=O)C(=O)N3CCN(/C(=N/C#N)c4ccccc4)CC3)c12. The Hall–Kier alpha value is -5.05. The van der Waals surface area contributed by atoms with Crippen LogP contribution in [-0.4, -0.2) is 85.3 Å². The summed E-state index contributed by atoms with van der Waals surface area (Å²) in [7, 11) is 1.48. The van der Waals surface area contributed by atoms with Crippen LogP contribution in [0.15, 0.2) is 54.0 Å². The van der Waals surface area contributed by atoms with E-state index in [2.05, 4.69) is 25.0 Å². The van der Waals surface area contributed by atoms with Crippen molar-refractivity contribution in [2.24, 2.45) is 4.99 Å². The molecule has 0 bridgehead atoms. The second-order valence-electron chi connectivity index (χ2n) is 8.35. The Bertz CT molecular complexity index is 1540. The predicted octanol–water partition coefficient (Wildman–Crippen LogP) is 1.72. The topological polar surface area (TPSA) is 145 Å². The first-order valence-electron chi connectivity index (χ1n) is 11.5. The number of benzene rings is 1. The molecule has 1 aromatic carbocycles. The van der Waals surface area contributed by atoms with Crippen molar-refractivity contribution in [3.8, 4) is 17.8 Å². The molecule has 1 amide bonds. The number of H-pyrrole nitrogens is 1. The average molecular weight is 498 g/mol. The van der Waals surface area contributed by atoms with Crippen molar-refractivity contribution < 1.29 is 14.3 Å². The lowest BCUT2D eigenvalue weighted by molar-refractivity contribution is -0.127. The monoisotopic (exact) mass is 497 g/mol. The van der Waals surface area contributed by atoms with Gasteiger partial charge in [-0.3, -0.25) is 9.59 Å². The molecule has 1 aliphatic heterocycles. The molecule has 4 heterocycles. The molecule has 3 aromatic heterocycles. The standard InChI is InChI=1S/C25H23N9O3/c1-16-30-15-34(31-16)24-21-20(19(37-2)13-28-24)18(12-27-21)22(35)25(36)33-10-8-32(9-11-33)23(29-14-26)17-6-4-3-5-7-17/h3-7,12-13,15,27H,8-11H2,1-2H3/b29-23+. The highest BCUT2D eigenvalue weighted by Crippen LogP contribution is 2.31. The number of pyridine rings is 1. The molecule has 5 rings (SSSR count). The van der Waals surface area contributed by atoms with E-state index in [1.54, 1.807) is 6.92 Å². The second kappa shape index (κ2) is 9.90. The maximum Gasteiger partial charge on any atom is 0.295 e. The minimum Gasteiger partial charge on any atom is -0.494 e. The molecule has 4 aromatic rings. The van der Waals surface area contributed by atoms with Crippen molar-refractivity contribution in [1.82, 2.24) is 34.5 Å². The number of ketones is 1. The van der Waals surface area contributed by atoms with Crippen LogP contribution in [-0.2, 0) is 4.79 Å². The maximum atomic E-state index is 13.4. The van der Waals surface area contributed by atoms with Gasteiger partial charge in [0.25, 0.3) is 11.7 Å². The third-order valence-corrected chi connectivity index (χ3v) is 6.19. The molecule has 0 saturated carbocycles. The number of carbonyl (C=O) groups is 2. The van der Waals surface area contributed by atoms with E-state index in [-0.39, 0.29) is 5.56 Å². The highest BCUT2D eigenvalue weighted by atomic mass is 16.5. The number of methoxy groups -OCH3 is 1. The van der Waals surface area contributed by atoms with Gasteiger partial charge in [0.2, 0.25) is 6.19 Å². The van der Waals surface area contributed by atoms with Crippen LogP contribution in [0.25, 0.3) is 16.7 Å². The number of aromatic amines is 1. The van der Waals surface area contributed by atoms with Crippen LogP contribution in [0.4, 0.5) is 0 Å². The first kappa shape index (κ1) is 23.7. The minimum absolute atomic E-state index is 0.191. The van der Waals surface area contributed by atoms with Crippen LogP contribution in [0, 0.1) is 18.4 Å². The van der Waals surface area contributed by atoms with Crippen molar-refractivity contribution in [3.05, 3.63) is 66.0 Å². The summed E-state index contributed by atoms with van der Waals surface area (Å²) in [5.41, 5.74) is 1.51. The molecule has 0 spiro atoms. The molecule has 1 aliphatic rings. The van der Waals surface area contributed by atoms with Crippen LogP contribution >= 0.6 is 0 Å². The fourth-order valence-corrected chi connectivity index (χ4v) is 4.39. The number of amidine groups is 1. The van der Waals surface area contributed by atoms with Crippen LogP contribution in [0.1, 0.15) is 21.7 Å². The molecular formula is C25H23N9O3. The number of aryl methyl sites for hydroxylation is 1. The summed E-state index contributed by atoms with van der Waals surface area (Å²) in [4.78, 5) is 45.7. The van der Waals surface area contributed by atoms with Gasteiger partial charge in [-0.25, -0.2) is 14.6 Å². The Balaban J connectivity index is 1.38. The Labute approximate surface area is 211 Å². The number of ether oxygens (including phenoxy) is 1. The number of aromatic nitrogens is 5. The summed E-state index contributed by atoms with van der Waals surface area (Å²) in [6.45, 7) is 3.25. The number of nitrogens with one attached hydrogen (secondary N) is 1. The van der Waals surface area contributed by atoms with Gasteiger partial charge in [-0.1, -0.05) is 30.3 Å². The van der Waals surface area contributed by atoms with Gasteiger partial charge >= 0.3 is 0 Å². The first-order valence-corrected chi connectivity index (χ1v) is 11.5. The Kier molecular flexibility index (Phi) is 6.34. The number of aliphatic imine (C=N–C) groups is 1. The molecule has 0 radical (unpaired) electrons. The maximum absolute atomic E-state index is 13.4. The van der Waals surface area contributed by atoms with Crippen molar-refractivity contribution in [3.63, 3.8) is 0 Å². The molecule has 37 heavy (non-hydrogen) atoms. The Morgan fingerprint density at radius 2 is 1.84 bits per heavy atom. The number of nitrogens with zero attached hydrogens (tertiary/aromatic N) is 8. The summed E-state index contributed by atoms with van der Waals surface area (Å²) < 4.78 is 6.95. The normalized spacial score (nSPS) is 14.0. The van der Waals surface area contributed by atoms with E-state index in [0.29, 0.717) is 60.3 Å². The van der Waals surface area contributed by atoms with E-state index in [0.717, 1.165) is 5.56 Å². The fraction of sp³-hybridized carbons (Fsp3) is 0.240. The summed E-state index contributed by atoms with van der Waals surface area (Å²) >= 11 is 0. The summed E-state index contributed by atoms with van der Waals surface area (Å²) in [6.07, 6.45) is 6.36. The van der Waals surface area contributed by atoms with Crippen molar-refractivity contribution in [2.45, 2.75) is 6.92 Å². The number of hydrogen-bond acceptors (Lipinski definition) is 8. The molecule has 1 fully saturated rings. The van der Waals surface area contributed by atoms with Gasteiger partial charge < -0.3 is 19.5 Å². The average Bonchev–Trinajstić information content (AvgIpc) is 3.58. The molecule has 12 heteroatoms. The number of Topliss-reactive ketones (excluding diaryl/α,β-unsaturated/α-hetero) is 1. The third-order valence-electron chi connectivity index (χ3n) is 6.19. The third kappa shape index (κ3) is 4.38. The molecule has 0 unspecified atom stereocenters. The van der Waals surface area contributed by atoms with Crippen LogP contribution in [0.3, 0.4) is 0 Å². The first-order chi connectivity index (χ1) is 18.0. The largest absolute Gasteiger partial charge is 0.494 e. The van der Waals surface area contributed by atoms with E-state index < -0.39 is 11.7 Å². The van der Waals surface area contributed by atoms with E-state index in [1.807, 2.05) is 41.4 Å². The summed E-state index contributed by atoms with van der Waals surface area (Å²) in [5.74, 6) is 0.638. The Morgan fingerprint density at radius 1 is 1.11 bits per heavy atom. The number of piperazine rings is 1. The lowest BCUT2D eigenvalue weighted by atomic mass is 10.1. The van der Waals surface area contributed by atoms with Gasteiger partial charge in [0.1, 0.15) is 23.7 Å². The number of rotatable bonds is 5. The van der Waals surface area contributed by atoms with E-state index >= 15 is 0 Å². The number of fused-ring (bicyclic) bond motifs is 1. The molecule has 1 saturated heterocycles. The van der Waals surface area contributed by atoms with Crippen molar-refractivity contribution in [1.29, 1.82) is 5.26 Å². The van der Waals surface area contributed by atoms with Crippen molar-refractivity contribution >= 4 is 28.4 Å². The lowest BCUT2D eigenvalue weighted by Gasteiger charge is -2.36. The minimum atomic E-state index is -0.654. The van der Waals surface area contributed by atoms with Crippen LogP contribution in [0.5, 0.6) is 5.75 Å². The highest BCUT2D eigenvalue weighted by Gasteiger charge is 2.31. The molecular weight excluding hydrogens is 474 g/mol. The zero-order chi connectivity index (χ0) is 25.9. The number of hydrogen-bond donors (Lipinski definition) is 1. The zero-order valence-corrected chi connectivity index (χ0v) is 20.2. The number of amides is 1. The molecule has 186 valence electrons. The number of nitriles is 1. The van der Waals surface area contributed by atoms with Crippen LogP contribution in [0.2, 0.25) is 0 Å². The summed E-state index contributed by atoms with van der Waals surface area (Å²) in [6, 6.07) is 9.40. The quantitative estimate of drug-likeness (QED) is 0.144. The molecule has 12 nitrogen and oxygen atoms in total. The molecule has 0 atom stereocenters. The van der Waals surface area contributed by atoms with Crippen molar-refractivity contribution in [2.75, 3.05) is 33.3 Å². The van der Waals surface area contributed by atoms with E-state index in [9.17, 15) is 14.9 Å². The van der Waals surface area contributed by atoms with E-state index in [4.69, 9.17) is 4.74 Å². The van der Waals surface area contributed by atoms with Gasteiger partial charge in [-0.2, -0.15) is 15.4 Å². The predicted molar refractivity (Wildman–Crippen MR) is 133 cm³/mol. The zero-order valence-electron chi connectivity index (χ0n) is 20.2. The summed E-state index contributed by atoms with van der Waals surface area (Å²) in [5, 5.41) is 13.9. The van der Waals surface area contributed by atoms with Gasteiger partial charge in [0.15, 0.2) is 5.82 Å². The lowest BCUT2D eigenvalue weighted by Crippen LogP contribution is -2.52.